The number of sulfone groups is 2. The summed E-state index contributed by atoms with van der Waals surface area (Å²) < 4.78 is 64.4. The molecule has 0 radical (unpaired) electrons. The lowest BCUT2D eigenvalue weighted by molar-refractivity contribution is 0.575. The topological polar surface area (TPSA) is 68.3 Å². The zero-order valence-electron chi connectivity index (χ0n) is 13.5. The van der Waals surface area contributed by atoms with Crippen LogP contribution < -0.4 is 0 Å². The third-order valence-corrected chi connectivity index (χ3v) is 8.88. The van der Waals surface area contributed by atoms with Gasteiger partial charge in [-0.3, -0.25) is 0 Å². The van der Waals surface area contributed by atoms with Gasteiger partial charge in [0, 0.05) is 0 Å². The van der Waals surface area contributed by atoms with Crippen molar-refractivity contribution in [2.24, 2.45) is 0 Å². The highest BCUT2D eigenvalue weighted by Crippen LogP contribution is 2.37. The SMILES string of the molecule is O=S(=O)(c1ccccc1)C(c1cccc(F)c1)S(=O)(=O)c1ccccc1. The molecule has 4 nitrogen and oxygen atoms in total. The second-order valence-corrected chi connectivity index (χ2v) is 9.97. The molecule has 7 heteroatoms. The Kier molecular flexibility index (Phi) is 4.93. The first kappa shape index (κ1) is 18.3. The van der Waals surface area contributed by atoms with Crippen molar-refractivity contribution in [1.29, 1.82) is 0 Å². The van der Waals surface area contributed by atoms with E-state index < -0.39 is 30.1 Å². The highest BCUT2D eigenvalue weighted by molar-refractivity contribution is 8.08. The Morgan fingerprint density at radius 3 is 1.50 bits per heavy atom. The number of hydrogen-bond donors (Lipinski definition) is 0. The van der Waals surface area contributed by atoms with E-state index in [0.717, 1.165) is 12.1 Å². The van der Waals surface area contributed by atoms with Gasteiger partial charge in [0.15, 0.2) is 24.3 Å². The Hall–Kier alpha value is -2.51. The lowest BCUT2D eigenvalue weighted by Crippen LogP contribution is -2.23. The summed E-state index contributed by atoms with van der Waals surface area (Å²) in [5.41, 5.74) is -0.141. The zero-order chi connectivity index (χ0) is 18.8. The first-order chi connectivity index (χ1) is 12.3. The normalized spacial score (nSPS) is 12.2. The van der Waals surface area contributed by atoms with Gasteiger partial charge in [-0.25, -0.2) is 21.2 Å². The van der Waals surface area contributed by atoms with E-state index in [4.69, 9.17) is 0 Å². The third kappa shape index (κ3) is 3.40. The molecule has 3 aromatic carbocycles. The fraction of sp³-hybridized carbons (Fsp3) is 0.0526. The van der Waals surface area contributed by atoms with Crippen LogP contribution in [0.3, 0.4) is 0 Å². The first-order valence-electron chi connectivity index (χ1n) is 7.67. The minimum absolute atomic E-state index is 0.141. The van der Waals surface area contributed by atoms with Crippen molar-refractivity contribution in [3.8, 4) is 0 Å². The predicted molar refractivity (Wildman–Crippen MR) is 96.4 cm³/mol. The molecule has 0 aliphatic rings. The van der Waals surface area contributed by atoms with Gasteiger partial charge in [0.1, 0.15) is 5.82 Å². The van der Waals surface area contributed by atoms with Gasteiger partial charge < -0.3 is 0 Å². The number of halogens is 1. The molecule has 0 aliphatic carbocycles. The summed E-state index contributed by atoms with van der Waals surface area (Å²) in [7, 11) is -8.66. The molecule has 0 unspecified atom stereocenters. The van der Waals surface area contributed by atoms with Crippen LogP contribution in [0.5, 0.6) is 0 Å². The molecule has 3 aromatic rings. The molecular weight excluding hydrogens is 375 g/mol. The molecule has 0 heterocycles. The van der Waals surface area contributed by atoms with E-state index in [-0.39, 0.29) is 15.4 Å². The Balaban J connectivity index is 2.28. The molecule has 0 spiro atoms. The second kappa shape index (κ2) is 7.01. The first-order valence-corrected chi connectivity index (χ1v) is 10.8. The van der Waals surface area contributed by atoms with Crippen molar-refractivity contribution in [2.45, 2.75) is 14.4 Å². The van der Waals surface area contributed by atoms with Gasteiger partial charge in [-0.1, -0.05) is 48.5 Å². The quantitative estimate of drug-likeness (QED) is 0.665. The lowest BCUT2D eigenvalue weighted by Gasteiger charge is -2.19. The number of rotatable bonds is 5. The molecule has 0 atom stereocenters. The molecule has 0 bridgehead atoms. The van der Waals surface area contributed by atoms with Crippen LogP contribution in [0.15, 0.2) is 94.7 Å². The minimum atomic E-state index is -4.33. The molecule has 0 N–H and O–H groups in total. The summed E-state index contributed by atoms with van der Waals surface area (Å²) in [6.07, 6.45) is 0. The van der Waals surface area contributed by atoms with Crippen molar-refractivity contribution < 1.29 is 21.2 Å². The van der Waals surface area contributed by atoms with Crippen LogP contribution in [0.2, 0.25) is 0 Å². The second-order valence-electron chi connectivity index (χ2n) is 5.60. The standard InChI is InChI=1S/C19H15FO4S2/c20-16-9-7-8-15(14-16)19(25(21,22)17-10-3-1-4-11-17)26(23,24)18-12-5-2-6-13-18/h1-14,19H. The largest absolute Gasteiger partial charge is 0.222 e. The summed E-state index contributed by atoms with van der Waals surface area (Å²) in [4.78, 5) is -0.289. The molecule has 3 rings (SSSR count). The average molecular weight is 390 g/mol. The van der Waals surface area contributed by atoms with E-state index in [1.165, 1.54) is 60.7 Å². The van der Waals surface area contributed by atoms with Crippen LogP contribution in [0.4, 0.5) is 4.39 Å². The molecule has 26 heavy (non-hydrogen) atoms. The van der Waals surface area contributed by atoms with E-state index >= 15 is 0 Å². The Bertz CT molecular complexity index is 1040. The smallest absolute Gasteiger partial charge is 0.200 e. The Labute approximate surface area is 151 Å². The Morgan fingerprint density at radius 2 is 1.08 bits per heavy atom. The maximum Gasteiger partial charge on any atom is 0.200 e. The number of hydrogen-bond acceptors (Lipinski definition) is 4. The fourth-order valence-corrected chi connectivity index (χ4v) is 7.22. The molecule has 0 aromatic heterocycles. The van der Waals surface area contributed by atoms with Gasteiger partial charge in [-0.15, -0.1) is 0 Å². The van der Waals surface area contributed by atoms with E-state index in [2.05, 4.69) is 0 Å². The van der Waals surface area contributed by atoms with Crippen LogP contribution in [0.1, 0.15) is 10.1 Å². The maximum atomic E-state index is 13.7. The molecule has 0 fully saturated rings. The van der Waals surface area contributed by atoms with Gasteiger partial charge in [0.2, 0.25) is 0 Å². The molecule has 0 saturated carbocycles. The van der Waals surface area contributed by atoms with Crippen molar-refractivity contribution in [3.63, 3.8) is 0 Å². The molecular formula is C19H15FO4S2. The highest BCUT2D eigenvalue weighted by Gasteiger charge is 2.41. The predicted octanol–water partition coefficient (Wildman–Crippen LogP) is 3.77. The summed E-state index contributed by atoms with van der Waals surface area (Å²) in [5, 5.41) is 0. The van der Waals surface area contributed by atoms with E-state index in [0.29, 0.717) is 0 Å². The maximum absolute atomic E-state index is 13.7. The molecule has 0 amide bonds. The summed E-state index contributed by atoms with van der Waals surface area (Å²) in [6.45, 7) is 0. The van der Waals surface area contributed by atoms with Gasteiger partial charge in [0.05, 0.1) is 9.79 Å². The van der Waals surface area contributed by atoms with Crippen LogP contribution in [0, 0.1) is 5.82 Å². The summed E-state index contributed by atoms with van der Waals surface area (Å²) in [5.74, 6) is -0.709. The summed E-state index contributed by atoms with van der Waals surface area (Å²) in [6, 6.07) is 19.2. The minimum Gasteiger partial charge on any atom is -0.222 e. The van der Waals surface area contributed by atoms with E-state index in [1.54, 1.807) is 12.1 Å². The highest BCUT2D eigenvalue weighted by atomic mass is 32.3. The molecule has 134 valence electrons. The van der Waals surface area contributed by atoms with Gasteiger partial charge in [0.25, 0.3) is 0 Å². The van der Waals surface area contributed by atoms with Crippen LogP contribution in [0.25, 0.3) is 0 Å². The number of benzene rings is 3. The van der Waals surface area contributed by atoms with Crippen molar-refractivity contribution in [3.05, 3.63) is 96.3 Å². The summed E-state index contributed by atoms with van der Waals surface area (Å²) >= 11 is 0. The van der Waals surface area contributed by atoms with Gasteiger partial charge in [-0.05, 0) is 42.0 Å². The van der Waals surface area contributed by atoms with Gasteiger partial charge in [-0.2, -0.15) is 0 Å². The van der Waals surface area contributed by atoms with Crippen LogP contribution >= 0.6 is 0 Å². The third-order valence-electron chi connectivity index (χ3n) is 3.83. The zero-order valence-corrected chi connectivity index (χ0v) is 15.1. The monoisotopic (exact) mass is 390 g/mol. The van der Waals surface area contributed by atoms with Crippen LogP contribution in [-0.4, -0.2) is 16.8 Å². The Morgan fingerprint density at radius 1 is 0.615 bits per heavy atom. The molecule has 0 saturated heterocycles. The van der Waals surface area contributed by atoms with Crippen molar-refractivity contribution >= 4 is 19.7 Å². The molecule has 0 aliphatic heterocycles. The lowest BCUT2D eigenvalue weighted by atomic mass is 10.2. The van der Waals surface area contributed by atoms with Crippen molar-refractivity contribution in [2.75, 3.05) is 0 Å². The average Bonchev–Trinajstić information content (AvgIpc) is 2.63. The fourth-order valence-electron chi connectivity index (χ4n) is 2.65. The van der Waals surface area contributed by atoms with Crippen LogP contribution in [-0.2, 0) is 19.7 Å². The van der Waals surface area contributed by atoms with Crippen molar-refractivity contribution in [1.82, 2.24) is 0 Å². The van der Waals surface area contributed by atoms with E-state index in [1.807, 2.05) is 0 Å². The van der Waals surface area contributed by atoms with Gasteiger partial charge >= 0.3 is 0 Å². The van der Waals surface area contributed by atoms with E-state index in [9.17, 15) is 21.2 Å².